The highest BCUT2D eigenvalue weighted by Crippen LogP contribution is 2.02. The molecule has 0 aromatic rings. The number of unbranched alkanes of at least 4 members (excludes halogenated alkanes) is 3. The van der Waals surface area contributed by atoms with E-state index in [0.717, 1.165) is 25.7 Å². The number of carboxylic acid groups (broad SMARTS) is 1. The number of hydrogen-bond donors (Lipinski definition) is 1. The standard InChI is InChI=1S/C8H13O2/c1-2-3-4-5-6-7-8(9)10/h1-2H,3-7H2,(H,9,10). The molecule has 57 valence electrons. The maximum absolute atomic E-state index is 10.00. The summed E-state index contributed by atoms with van der Waals surface area (Å²) in [4.78, 5) is 10.00. The molecule has 0 aromatic carbocycles. The quantitative estimate of drug-likeness (QED) is 0.574. The van der Waals surface area contributed by atoms with Crippen molar-refractivity contribution in [2.45, 2.75) is 32.1 Å². The maximum Gasteiger partial charge on any atom is 0.303 e. The van der Waals surface area contributed by atoms with Crippen molar-refractivity contribution in [1.82, 2.24) is 0 Å². The smallest absolute Gasteiger partial charge is 0.303 e. The lowest BCUT2D eigenvalue weighted by Crippen LogP contribution is -1.93. The summed E-state index contributed by atoms with van der Waals surface area (Å²) < 4.78 is 0. The molecule has 0 saturated carbocycles. The number of hydrogen-bond acceptors (Lipinski definition) is 1. The topological polar surface area (TPSA) is 37.3 Å². The fourth-order valence-corrected chi connectivity index (χ4v) is 0.715. The average Bonchev–Trinajstić information content (AvgIpc) is 1.87. The highest BCUT2D eigenvalue weighted by atomic mass is 16.4. The maximum atomic E-state index is 10.00. The second kappa shape index (κ2) is 6.33. The van der Waals surface area contributed by atoms with Gasteiger partial charge in [-0.15, -0.1) is 0 Å². The molecule has 0 atom stereocenters. The SMILES string of the molecule is [CH]=CCCCCCC(=O)O. The monoisotopic (exact) mass is 141 g/mol. The molecule has 2 heteroatoms. The van der Waals surface area contributed by atoms with Crippen LogP contribution in [0.5, 0.6) is 0 Å². The molecule has 0 amide bonds. The van der Waals surface area contributed by atoms with E-state index in [2.05, 4.69) is 0 Å². The van der Waals surface area contributed by atoms with Crippen molar-refractivity contribution < 1.29 is 9.90 Å². The van der Waals surface area contributed by atoms with Gasteiger partial charge in [-0.25, -0.2) is 0 Å². The summed E-state index contributed by atoms with van der Waals surface area (Å²) in [7, 11) is 0. The zero-order valence-corrected chi connectivity index (χ0v) is 6.05. The Morgan fingerprint density at radius 2 is 2.10 bits per heavy atom. The molecule has 2 nitrogen and oxygen atoms in total. The molecule has 0 heterocycles. The second-order valence-corrected chi connectivity index (χ2v) is 2.23. The minimum Gasteiger partial charge on any atom is -0.481 e. The third-order valence-electron chi connectivity index (χ3n) is 1.26. The Labute approximate surface area is 61.6 Å². The minimum atomic E-state index is -0.711. The van der Waals surface area contributed by atoms with Crippen molar-refractivity contribution in [3.63, 3.8) is 0 Å². The number of aliphatic carboxylic acids is 1. The zero-order chi connectivity index (χ0) is 7.82. The van der Waals surface area contributed by atoms with Crippen molar-refractivity contribution >= 4 is 5.97 Å². The highest BCUT2D eigenvalue weighted by Gasteiger charge is 1.94. The van der Waals surface area contributed by atoms with Crippen LogP contribution in [-0.4, -0.2) is 11.1 Å². The fourth-order valence-electron chi connectivity index (χ4n) is 0.715. The van der Waals surface area contributed by atoms with E-state index >= 15 is 0 Å². The molecule has 0 bridgehead atoms. The van der Waals surface area contributed by atoms with Gasteiger partial charge in [0.05, 0.1) is 0 Å². The third kappa shape index (κ3) is 7.21. The normalized spacial score (nSPS) is 9.20. The van der Waals surface area contributed by atoms with Crippen LogP contribution < -0.4 is 0 Å². The summed E-state index contributed by atoms with van der Waals surface area (Å²) in [6.07, 6.45) is 5.51. The van der Waals surface area contributed by atoms with Gasteiger partial charge in [0.25, 0.3) is 0 Å². The molecular formula is C8H13O2. The Hall–Kier alpha value is -0.790. The molecular weight excluding hydrogens is 128 g/mol. The first-order valence-electron chi connectivity index (χ1n) is 3.52. The summed E-state index contributed by atoms with van der Waals surface area (Å²) in [5, 5.41) is 8.24. The molecule has 0 fully saturated rings. The predicted molar refractivity (Wildman–Crippen MR) is 39.6 cm³/mol. The first-order valence-corrected chi connectivity index (χ1v) is 3.52. The molecule has 0 unspecified atom stereocenters. The lowest BCUT2D eigenvalue weighted by molar-refractivity contribution is -0.137. The Balaban J connectivity index is 2.90. The van der Waals surface area contributed by atoms with Gasteiger partial charge in [0.1, 0.15) is 0 Å². The number of carbonyl (C=O) groups is 1. The molecule has 0 aliphatic heterocycles. The fraction of sp³-hybridized carbons (Fsp3) is 0.625. The van der Waals surface area contributed by atoms with E-state index in [1.54, 1.807) is 6.08 Å². The van der Waals surface area contributed by atoms with Gasteiger partial charge in [0.15, 0.2) is 0 Å². The first kappa shape index (κ1) is 9.21. The summed E-state index contributed by atoms with van der Waals surface area (Å²) in [5.74, 6) is -0.711. The molecule has 0 rings (SSSR count). The van der Waals surface area contributed by atoms with Crippen molar-refractivity contribution in [1.29, 1.82) is 0 Å². The van der Waals surface area contributed by atoms with E-state index in [-0.39, 0.29) is 6.42 Å². The van der Waals surface area contributed by atoms with Gasteiger partial charge in [-0.2, -0.15) is 0 Å². The molecule has 0 saturated heterocycles. The Kier molecular flexibility index (Phi) is 5.83. The second-order valence-electron chi connectivity index (χ2n) is 2.23. The van der Waals surface area contributed by atoms with Crippen molar-refractivity contribution in [3.8, 4) is 0 Å². The largest absolute Gasteiger partial charge is 0.481 e. The van der Waals surface area contributed by atoms with Crippen LogP contribution in [0.4, 0.5) is 0 Å². The van der Waals surface area contributed by atoms with E-state index in [9.17, 15) is 4.79 Å². The molecule has 0 aromatic heterocycles. The first-order chi connectivity index (χ1) is 4.77. The lowest BCUT2D eigenvalue weighted by atomic mass is 10.1. The van der Waals surface area contributed by atoms with Gasteiger partial charge in [0.2, 0.25) is 0 Å². The summed E-state index contributed by atoms with van der Waals surface area (Å²) in [6, 6.07) is 0. The van der Waals surface area contributed by atoms with Crippen LogP contribution in [0.15, 0.2) is 6.08 Å². The van der Waals surface area contributed by atoms with E-state index < -0.39 is 5.97 Å². The molecule has 10 heavy (non-hydrogen) atoms. The summed E-state index contributed by atoms with van der Waals surface area (Å²) in [6.45, 7) is 5.13. The van der Waals surface area contributed by atoms with Crippen LogP contribution in [0.1, 0.15) is 32.1 Å². The van der Waals surface area contributed by atoms with E-state index in [1.807, 2.05) is 0 Å². The third-order valence-corrected chi connectivity index (χ3v) is 1.26. The van der Waals surface area contributed by atoms with E-state index in [0.29, 0.717) is 0 Å². The molecule has 0 aliphatic rings. The van der Waals surface area contributed by atoms with Crippen molar-refractivity contribution in [3.05, 3.63) is 12.7 Å². The summed E-state index contributed by atoms with van der Waals surface area (Å²) in [5.41, 5.74) is 0. The molecule has 1 N–H and O–H groups in total. The Bertz CT molecular complexity index is 108. The van der Waals surface area contributed by atoms with Crippen LogP contribution in [0, 0.1) is 6.58 Å². The molecule has 0 spiro atoms. The summed E-state index contributed by atoms with van der Waals surface area (Å²) >= 11 is 0. The van der Waals surface area contributed by atoms with Crippen molar-refractivity contribution in [2.24, 2.45) is 0 Å². The van der Waals surface area contributed by atoms with Crippen LogP contribution >= 0.6 is 0 Å². The van der Waals surface area contributed by atoms with Crippen LogP contribution in [0.2, 0.25) is 0 Å². The predicted octanol–water partition coefficient (Wildman–Crippen LogP) is 2.01. The van der Waals surface area contributed by atoms with Gasteiger partial charge in [-0.1, -0.05) is 19.1 Å². The van der Waals surface area contributed by atoms with Crippen LogP contribution in [-0.2, 0) is 4.79 Å². The Morgan fingerprint density at radius 3 is 2.60 bits per heavy atom. The average molecular weight is 141 g/mol. The van der Waals surface area contributed by atoms with Crippen LogP contribution in [0.3, 0.4) is 0 Å². The number of carboxylic acids is 1. The van der Waals surface area contributed by atoms with Gasteiger partial charge in [-0.05, 0) is 19.3 Å². The molecule has 0 aliphatic carbocycles. The van der Waals surface area contributed by atoms with Gasteiger partial charge in [0, 0.05) is 6.42 Å². The van der Waals surface area contributed by atoms with Gasteiger partial charge < -0.3 is 5.11 Å². The van der Waals surface area contributed by atoms with E-state index in [4.69, 9.17) is 11.7 Å². The minimum absolute atomic E-state index is 0.282. The Morgan fingerprint density at radius 1 is 1.40 bits per heavy atom. The van der Waals surface area contributed by atoms with Crippen molar-refractivity contribution in [2.75, 3.05) is 0 Å². The van der Waals surface area contributed by atoms with E-state index in [1.165, 1.54) is 0 Å². The van der Waals surface area contributed by atoms with Gasteiger partial charge in [-0.3, -0.25) is 4.79 Å². The number of allylic oxidation sites excluding steroid dienone is 1. The van der Waals surface area contributed by atoms with Gasteiger partial charge >= 0.3 is 5.97 Å². The lowest BCUT2D eigenvalue weighted by Gasteiger charge is -1.93. The highest BCUT2D eigenvalue weighted by molar-refractivity contribution is 5.66. The molecule has 1 radical (unpaired) electrons. The zero-order valence-electron chi connectivity index (χ0n) is 6.05. The van der Waals surface area contributed by atoms with Crippen LogP contribution in [0.25, 0.3) is 0 Å². The number of rotatable bonds is 6.